The Bertz CT molecular complexity index is 728. The first kappa shape index (κ1) is 14.6. The first-order chi connectivity index (χ1) is 10.5. The highest BCUT2D eigenvalue weighted by atomic mass is 19.1. The van der Waals surface area contributed by atoms with Crippen molar-refractivity contribution in [2.24, 2.45) is 0 Å². The minimum absolute atomic E-state index is 0.277. The molecule has 0 aliphatic carbocycles. The number of hydrogen-bond acceptors (Lipinski definition) is 3. The number of imidazole rings is 1. The van der Waals surface area contributed by atoms with E-state index < -0.39 is 23.6 Å². The highest BCUT2D eigenvalue weighted by Gasteiger charge is 2.28. The van der Waals surface area contributed by atoms with Crippen LogP contribution in [0.2, 0.25) is 0 Å². The molecule has 1 aliphatic rings. The molecule has 1 aromatic carbocycles. The van der Waals surface area contributed by atoms with Crippen LogP contribution < -0.4 is 5.32 Å². The van der Waals surface area contributed by atoms with Crippen LogP contribution in [-0.4, -0.2) is 26.7 Å². The number of nitrogens with one attached hydrogen (secondary N) is 1. The van der Waals surface area contributed by atoms with Crippen LogP contribution in [0.4, 0.5) is 14.6 Å². The van der Waals surface area contributed by atoms with Gasteiger partial charge >= 0.3 is 0 Å². The number of hydrogen-bond donors (Lipinski definition) is 2. The molecule has 116 valence electrons. The fourth-order valence-corrected chi connectivity index (χ4v) is 2.66. The molecule has 2 aromatic rings. The lowest BCUT2D eigenvalue weighted by molar-refractivity contribution is -0.123. The Labute approximate surface area is 125 Å². The Morgan fingerprint density at radius 2 is 2.27 bits per heavy atom. The molecule has 1 aliphatic heterocycles. The molecule has 0 saturated carbocycles. The monoisotopic (exact) mass is 307 g/mol. The Morgan fingerprint density at radius 1 is 1.50 bits per heavy atom. The zero-order chi connectivity index (χ0) is 15.9. The molecule has 2 heterocycles. The van der Waals surface area contributed by atoms with Gasteiger partial charge in [0.1, 0.15) is 23.6 Å². The molecule has 0 radical (unpaired) electrons. The standard InChI is InChI=1S/C15H15F2N3O2/c1-8(21)15(22)19-13-7-20-12(4-5-14(20)18-13)10-3-2-9(16)6-11(10)17/h2-3,6-8,12,21H,4-5H2,1H3,(H,19,22). The van der Waals surface area contributed by atoms with E-state index in [1.165, 1.54) is 19.1 Å². The van der Waals surface area contributed by atoms with E-state index in [2.05, 4.69) is 10.3 Å². The lowest BCUT2D eigenvalue weighted by atomic mass is 10.0. The quantitative estimate of drug-likeness (QED) is 0.911. The van der Waals surface area contributed by atoms with Crippen molar-refractivity contribution < 1.29 is 18.7 Å². The van der Waals surface area contributed by atoms with Crippen molar-refractivity contribution in [2.45, 2.75) is 31.9 Å². The van der Waals surface area contributed by atoms with Gasteiger partial charge in [-0.3, -0.25) is 4.79 Å². The van der Waals surface area contributed by atoms with Gasteiger partial charge < -0.3 is 15.0 Å². The van der Waals surface area contributed by atoms with E-state index in [1.807, 2.05) is 0 Å². The van der Waals surface area contributed by atoms with E-state index in [4.69, 9.17) is 0 Å². The van der Waals surface area contributed by atoms with Gasteiger partial charge in [0.05, 0.1) is 6.04 Å². The second-order valence-corrected chi connectivity index (χ2v) is 5.34. The number of nitrogens with zero attached hydrogens (tertiary/aromatic N) is 2. The number of aliphatic hydroxyl groups excluding tert-OH is 1. The zero-order valence-corrected chi connectivity index (χ0v) is 11.9. The van der Waals surface area contributed by atoms with Crippen molar-refractivity contribution in [3.63, 3.8) is 0 Å². The average Bonchev–Trinajstić information content (AvgIpc) is 2.99. The van der Waals surface area contributed by atoms with Crippen LogP contribution in [0, 0.1) is 11.6 Å². The molecule has 3 rings (SSSR count). The smallest absolute Gasteiger partial charge is 0.254 e. The minimum Gasteiger partial charge on any atom is -0.384 e. The van der Waals surface area contributed by atoms with Gasteiger partial charge in [-0.1, -0.05) is 6.07 Å². The van der Waals surface area contributed by atoms with Gasteiger partial charge in [0, 0.05) is 24.2 Å². The van der Waals surface area contributed by atoms with Crippen LogP contribution >= 0.6 is 0 Å². The maximum atomic E-state index is 13.9. The number of rotatable bonds is 3. The Balaban J connectivity index is 1.88. The lowest BCUT2D eigenvalue weighted by Crippen LogP contribution is -2.24. The van der Waals surface area contributed by atoms with Gasteiger partial charge in [0.25, 0.3) is 5.91 Å². The number of aryl methyl sites for hydroxylation is 1. The van der Waals surface area contributed by atoms with Gasteiger partial charge in [-0.15, -0.1) is 0 Å². The summed E-state index contributed by atoms with van der Waals surface area (Å²) in [4.78, 5) is 15.7. The van der Waals surface area contributed by atoms with Gasteiger partial charge in [0.15, 0.2) is 5.82 Å². The number of amides is 1. The van der Waals surface area contributed by atoms with Crippen LogP contribution in [0.5, 0.6) is 0 Å². The second kappa shape index (κ2) is 5.49. The normalized spacial score (nSPS) is 18.1. The summed E-state index contributed by atoms with van der Waals surface area (Å²) in [5, 5.41) is 11.7. The third-order valence-electron chi connectivity index (χ3n) is 3.74. The summed E-state index contributed by atoms with van der Waals surface area (Å²) in [5.41, 5.74) is 0.394. The van der Waals surface area contributed by atoms with Gasteiger partial charge in [-0.25, -0.2) is 13.8 Å². The van der Waals surface area contributed by atoms with Crippen molar-refractivity contribution in [2.75, 3.05) is 5.32 Å². The van der Waals surface area contributed by atoms with Crippen molar-refractivity contribution in [1.29, 1.82) is 0 Å². The number of aromatic nitrogens is 2. The molecule has 0 bridgehead atoms. The average molecular weight is 307 g/mol. The van der Waals surface area contributed by atoms with Crippen molar-refractivity contribution in [3.05, 3.63) is 47.4 Å². The molecular formula is C15H15F2N3O2. The van der Waals surface area contributed by atoms with Crippen LogP contribution in [0.3, 0.4) is 0 Å². The van der Waals surface area contributed by atoms with Gasteiger partial charge in [-0.05, 0) is 19.4 Å². The van der Waals surface area contributed by atoms with E-state index in [0.717, 1.165) is 11.9 Å². The predicted molar refractivity (Wildman–Crippen MR) is 75.4 cm³/mol. The number of benzene rings is 1. The molecule has 2 unspecified atom stereocenters. The summed E-state index contributed by atoms with van der Waals surface area (Å²) >= 11 is 0. The molecule has 2 atom stereocenters. The topological polar surface area (TPSA) is 67.2 Å². The number of carbonyl (C=O) groups excluding carboxylic acids is 1. The fraction of sp³-hybridized carbons (Fsp3) is 0.333. The van der Waals surface area contributed by atoms with Crippen molar-refractivity contribution >= 4 is 11.7 Å². The molecule has 7 heteroatoms. The molecule has 0 fully saturated rings. The maximum Gasteiger partial charge on any atom is 0.254 e. The summed E-state index contributed by atoms with van der Waals surface area (Å²) in [6.45, 7) is 1.36. The highest BCUT2D eigenvalue weighted by molar-refractivity contribution is 5.92. The van der Waals surface area contributed by atoms with Crippen LogP contribution in [0.1, 0.15) is 30.8 Å². The van der Waals surface area contributed by atoms with E-state index in [-0.39, 0.29) is 6.04 Å². The summed E-state index contributed by atoms with van der Waals surface area (Å²) < 4.78 is 28.7. The maximum absolute atomic E-state index is 13.9. The molecule has 22 heavy (non-hydrogen) atoms. The highest BCUT2D eigenvalue weighted by Crippen LogP contribution is 2.34. The zero-order valence-electron chi connectivity index (χ0n) is 11.9. The van der Waals surface area contributed by atoms with Crippen molar-refractivity contribution in [1.82, 2.24) is 9.55 Å². The van der Waals surface area contributed by atoms with Crippen LogP contribution in [-0.2, 0) is 11.2 Å². The molecule has 5 nitrogen and oxygen atoms in total. The predicted octanol–water partition coefficient (Wildman–Crippen LogP) is 2.02. The first-order valence-corrected chi connectivity index (χ1v) is 6.97. The minimum atomic E-state index is -1.14. The van der Waals surface area contributed by atoms with Crippen molar-refractivity contribution in [3.8, 4) is 0 Å². The molecule has 0 saturated heterocycles. The molecular weight excluding hydrogens is 292 g/mol. The number of aliphatic hydroxyl groups is 1. The Morgan fingerprint density at radius 3 is 2.95 bits per heavy atom. The summed E-state index contributed by atoms with van der Waals surface area (Å²) in [6, 6.07) is 3.24. The van der Waals surface area contributed by atoms with E-state index in [0.29, 0.717) is 24.2 Å². The number of halogens is 2. The summed E-state index contributed by atoms with van der Waals surface area (Å²) in [7, 11) is 0. The summed E-state index contributed by atoms with van der Waals surface area (Å²) in [6.07, 6.45) is 1.76. The first-order valence-electron chi connectivity index (χ1n) is 6.97. The Hall–Kier alpha value is -2.28. The van der Waals surface area contributed by atoms with E-state index >= 15 is 0 Å². The van der Waals surface area contributed by atoms with E-state index in [1.54, 1.807) is 10.8 Å². The summed E-state index contributed by atoms with van der Waals surface area (Å²) in [5.74, 6) is -0.736. The van der Waals surface area contributed by atoms with Crippen LogP contribution in [0.25, 0.3) is 0 Å². The molecule has 1 aromatic heterocycles. The number of fused-ring (bicyclic) bond motifs is 1. The molecule has 1 amide bonds. The second-order valence-electron chi connectivity index (χ2n) is 5.34. The van der Waals surface area contributed by atoms with Gasteiger partial charge in [-0.2, -0.15) is 0 Å². The molecule has 0 spiro atoms. The fourth-order valence-electron chi connectivity index (χ4n) is 2.66. The third-order valence-corrected chi connectivity index (χ3v) is 3.74. The van der Waals surface area contributed by atoms with Gasteiger partial charge in [0.2, 0.25) is 0 Å². The largest absolute Gasteiger partial charge is 0.384 e. The third kappa shape index (κ3) is 2.59. The molecule has 2 N–H and O–H groups in total. The number of carbonyl (C=O) groups is 1. The lowest BCUT2D eigenvalue weighted by Gasteiger charge is -2.14. The Kier molecular flexibility index (Phi) is 3.66. The number of anilines is 1. The van der Waals surface area contributed by atoms with E-state index in [9.17, 15) is 18.7 Å². The van der Waals surface area contributed by atoms with Crippen LogP contribution in [0.15, 0.2) is 24.4 Å². The SMILES string of the molecule is CC(O)C(=O)Nc1cn2c(n1)CCC2c1ccc(F)cc1F.